The number of benzene rings is 2. The molecule has 132 valence electrons. The van der Waals surface area contributed by atoms with Gasteiger partial charge >= 0.3 is 5.97 Å². The third-order valence-electron chi connectivity index (χ3n) is 4.03. The Labute approximate surface area is 143 Å². The molecule has 0 saturated carbocycles. The van der Waals surface area contributed by atoms with E-state index >= 15 is 0 Å². The normalized spacial score (nSPS) is 14.1. The van der Waals surface area contributed by atoms with Crippen LogP contribution in [0.4, 0.5) is 14.5 Å². The Hall–Kier alpha value is -2.48. The summed E-state index contributed by atoms with van der Waals surface area (Å²) >= 11 is 0. The minimum absolute atomic E-state index is 0.0864. The van der Waals surface area contributed by atoms with Gasteiger partial charge in [-0.1, -0.05) is 0 Å². The summed E-state index contributed by atoms with van der Waals surface area (Å²) in [4.78, 5) is 11.4. The monoisotopic (exact) mass is 367 g/mol. The minimum atomic E-state index is -4.04. The molecular formula is C17H15F2NO4S. The number of rotatable bonds is 3. The Morgan fingerprint density at radius 3 is 2.48 bits per heavy atom. The van der Waals surface area contributed by atoms with E-state index in [0.29, 0.717) is 24.5 Å². The SMILES string of the molecule is COC(=O)c1ccc(S(=O)(=O)N2CCCc3cc(F)cc(F)c32)cc1. The fraction of sp³-hybridized carbons (Fsp3) is 0.235. The number of sulfonamides is 1. The quantitative estimate of drug-likeness (QED) is 0.783. The van der Waals surface area contributed by atoms with Crippen molar-refractivity contribution in [2.75, 3.05) is 18.0 Å². The van der Waals surface area contributed by atoms with Gasteiger partial charge in [0, 0.05) is 12.6 Å². The van der Waals surface area contributed by atoms with E-state index in [9.17, 15) is 22.0 Å². The fourth-order valence-corrected chi connectivity index (χ4v) is 4.41. The van der Waals surface area contributed by atoms with Crippen LogP contribution in [0.1, 0.15) is 22.3 Å². The Morgan fingerprint density at radius 2 is 1.84 bits per heavy atom. The van der Waals surface area contributed by atoms with Gasteiger partial charge in [0.25, 0.3) is 10.0 Å². The van der Waals surface area contributed by atoms with Crippen molar-refractivity contribution in [3.05, 3.63) is 59.2 Å². The summed E-state index contributed by atoms with van der Waals surface area (Å²) in [6.07, 6.45) is 0.854. The number of fused-ring (bicyclic) bond motifs is 1. The molecule has 1 aliphatic heterocycles. The molecule has 8 heteroatoms. The number of methoxy groups -OCH3 is 1. The number of carbonyl (C=O) groups excluding carboxylic acids is 1. The topological polar surface area (TPSA) is 63.7 Å². The highest BCUT2D eigenvalue weighted by molar-refractivity contribution is 7.92. The van der Waals surface area contributed by atoms with Gasteiger partial charge in [-0.3, -0.25) is 4.31 Å². The van der Waals surface area contributed by atoms with Gasteiger partial charge in [-0.05, 0) is 48.7 Å². The maximum atomic E-state index is 14.2. The lowest BCUT2D eigenvalue weighted by molar-refractivity contribution is 0.0600. The molecule has 5 nitrogen and oxygen atoms in total. The summed E-state index contributed by atoms with van der Waals surface area (Å²) in [6, 6.07) is 7.00. The molecule has 1 heterocycles. The molecule has 2 aromatic rings. The number of esters is 1. The second-order valence-electron chi connectivity index (χ2n) is 5.59. The lowest BCUT2D eigenvalue weighted by atomic mass is 10.0. The molecule has 0 bridgehead atoms. The minimum Gasteiger partial charge on any atom is -0.465 e. The van der Waals surface area contributed by atoms with E-state index < -0.39 is 27.6 Å². The first-order chi connectivity index (χ1) is 11.8. The summed E-state index contributed by atoms with van der Waals surface area (Å²) in [6.45, 7) is 0.0939. The number of anilines is 1. The number of ether oxygens (including phenoxy) is 1. The molecule has 3 rings (SSSR count). The Kier molecular flexibility index (Phi) is 4.47. The molecule has 0 atom stereocenters. The number of hydrogen-bond donors (Lipinski definition) is 0. The summed E-state index contributed by atoms with van der Waals surface area (Å²) < 4.78 is 58.9. The van der Waals surface area contributed by atoms with Crippen molar-refractivity contribution < 1.29 is 26.7 Å². The molecule has 0 radical (unpaired) electrons. The van der Waals surface area contributed by atoms with E-state index in [4.69, 9.17) is 0 Å². The van der Waals surface area contributed by atoms with E-state index in [1.54, 1.807) is 0 Å². The van der Waals surface area contributed by atoms with Crippen molar-refractivity contribution in [2.24, 2.45) is 0 Å². The third-order valence-corrected chi connectivity index (χ3v) is 5.84. The second kappa shape index (κ2) is 6.44. The summed E-state index contributed by atoms with van der Waals surface area (Å²) in [7, 11) is -2.82. The predicted octanol–water partition coefficient (Wildman–Crippen LogP) is 2.89. The second-order valence-corrected chi connectivity index (χ2v) is 7.45. The molecule has 0 fully saturated rings. The molecule has 0 amide bonds. The number of halogens is 2. The van der Waals surface area contributed by atoms with Crippen LogP contribution in [0.5, 0.6) is 0 Å². The average Bonchev–Trinajstić information content (AvgIpc) is 2.60. The maximum Gasteiger partial charge on any atom is 0.337 e. The third kappa shape index (κ3) is 3.09. The van der Waals surface area contributed by atoms with Crippen molar-refractivity contribution >= 4 is 21.7 Å². The van der Waals surface area contributed by atoms with Crippen molar-refractivity contribution in [3.63, 3.8) is 0 Å². The van der Waals surface area contributed by atoms with Crippen molar-refractivity contribution in [1.29, 1.82) is 0 Å². The molecule has 1 aliphatic rings. The van der Waals surface area contributed by atoms with E-state index in [1.165, 1.54) is 31.4 Å². The zero-order valence-electron chi connectivity index (χ0n) is 13.3. The molecule has 2 aromatic carbocycles. The summed E-state index contributed by atoms with van der Waals surface area (Å²) in [5.41, 5.74) is 0.400. The first kappa shape index (κ1) is 17.3. The molecular weight excluding hydrogens is 352 g/mol. The maximum absolute atomic E-state index is 14.2. The lowest BCUT2D eigenvalue weighted by Crippen LogP contribution is -2.36. The largest absolute Gasteiger partial charge is 0.465 e. The van der Waals surface area contributed by atoms with Gasteiger partial charge in [-0.2, -0.15) is 0 Å². The van der Waals surface area contributed by atoms with E-state index in [2.05, 4.69) is 4.74 Å². The zero-order valence-corrected chi connectivity index (χ0v) is 14.1. The number of hydrogen-bond acceptors (Lipinski definition) is 4. The van der Waals surface area contributed by atoms with Gasteiger partial charge in [0.15, 0.2) is 5.82 Å². The standard InChI is InChI=1S/C17H15F2NO4S/c1-24-17(21)11-4-6-14(7-5-11)25(22,23)20-8-2-3-12-9-13(18)10-15(19)16(12)20/h4-7,9-10H,2-3,8H2,1H3. The van der Waals surface area contributed by atoms with Gasteiger partial charge in [0.05, 0.1) is 23.3 Å². The Bertz CT molecular complexity index is 926. The Morgan fingerprint density at radius 1 is 1.16 bits per heavy atom. The van der Waals surface area contributed by atoms with Crippen LogP contribution in [0.3, 0.4) is 0 Å². The molecule has 0 aromatic heterocycles. The highest BCUT2D eigenvalue weighted by Gasteiger charge is 2.32. The lowest BCUT2D eigenvalue weighted by Gasteiger charge is -2.30. The van der Waals surface area contributed by atoms with Gasteiger partial charge in [-0.25, -0.2) is 22.0 Å². The van der Waals surface area contributed by atoms with Crippen LogP contribution in [-0.2, 0) is 21.2 Å². The molecule has 25 heavy (non-hydrogen) atoms. The molecule has 0 aliphatic carbocycles. The van der Waals surface area contributed by atoms with Gasteiger partial charge in [-0.15, -0.1) is 0 Å². The highest BCUT2D eigenvalue weighted by Crippen LogP contribution is 2.35. The number of aryl methyl sites for hydroxylation is 1. The van der Waals surface area contributed by atoms with Crippen LogP contribution in [0.2, 0.25) is 0 Å². The van der Waals surface area contributed by atoms with Crippen LogP contribution in [0.15, 0.2) is 41.3 Å². The Balaban J connectivity index is 2.04. The van der Waals surface area contributed by atoms with Crippen LogP contribution >= 0.6 is 0 Å². The van der Waals surface area contributed by atoms with Gasteiger partial charge in [0.1, 0.15) is 5.82 Å². The fourth-order valence-electron chi connectivity index (χ4n) is 2.86. The van der Waals surface area contributed by atoms with E-state index in [-0.39, 0.29) is 22.7 Å². The first-order valence-electron chi connectivity index (χ1n) is 7.53. The molecule has 0 N–H and O–H groups in total. The van der Waals surface area contributed by atoms with E-state index in [1.807, 2.05) is 0 Å². The molecule has 0 saturated heterocycles. The predicted molar refractivity (Wildman–Crippen MR) is 87.0 cm³/mol. The van der Waals surface area contributed by atoms with Crippen molar-refractivity contribution in [3.8, 4) is 0 Å². The first-order valence-corrected chi connectivity index (χ1v) is 8.97. The highest BCUT2D eigenvalue weighted by atomic mass is 32.2. The number of nitrogens with zero attached hydrogens (tertiary/aromatic N) is 1. The summed E-state index contributed by atoms with van der Waals surface area (Å²) in [5.74, 6) is -2.24. The van der Waals surface area contributed by atoms with E-state index in [0.717, 1.165) is 10.4 Å². The number of carbonyl (C=O) groups is 1. The molecule has 0 spiro atoms. The summed E-state index contributed by atoms with van der Waals surface area (Å²) in [5, 5.41) is 0. The van der Waals surface area contributed by atoms with Gasteiger partial charge < -0.3 is 4.74 Å². The molecule has 0 unspecified atom stereocenters. The van der Waals surface area contributed by atoms with Crippen molar-refractivity contribution in [2.45, 2.75) is 17.7 Å². The zero-order chi connectivity index (χ0) is 18.2. The van der Waals surface area contributed by atoms with Crippen LogP contribution in [0.25, 0.3) is 0 Å². The van der Waals surface area contributed by atoms with Crippen LogP contribution in [0, 0.1) is 11.6 Å². The van der Waals surface area contributed by atoms with Crippen molar-refractivity contribution in [1.82, 2.24) is 0 Å². The smallest absolute Gasteiger partial charge is 0.337 e. The van der Waals surface area contributed by atoms with Crippen LogP contribution in [-0.4, -0.2) is 28.0 Å². The van der Waals surface area contributed by atoms with Crippen LogP contribution < -0.4 is 4.31 Å². The van der Waals surface area contributed by atoms with Gasteiger partial charge in [0.2, 0.25) is 0 Å². The average molecular weight is 367 g/mol.